The molecule has 0 spiro atoms. The van der Waals surface area contributed by atoms with E-state index in [0.717, 1.165) is 30.6 Å². The van der Waals surface area contributed by atoms with E-state index in [1.54, 1.807) is 11.3 Å². The number of nitrogens with zero attached hydrogens (tertiary/aromatic N) is 1. The fourth-order valence-corrected chi connectivity index (χ4v) is 4.89. The van der Waals surface area contributed by atoms with Gasteiger partial charge in [0.25, 0.3) is 0 Å². The van der Waals surface area contributed by atoms with Crippen molar-refractivity contribution in [2.45, 2.75) is 52.0 Å². The van der Waals surface area contributed by atoms with Crippen LogP contribution >= 0.6 is 11.3 Å². The molecular weight excluding hydrogens is 336 g/mol. The number of thiophene rings is 1. The minimum Gasteiger partial charge on any atom is -0.348 e. The first-order valence-electron chi connectivity index (χ1n) is 9.17. The summed E-state index contributed by atoms with van der Waals surface area (Å²) in [6.07, 6.45) is 3.83. The van der Waals surface area contributed by atoms with Crippen LogP contribution in [0.1, 0.15) is 56.9 Å². The predicted molar refractivity (Wildman–Crippen MR) is 96.8 cm³/mol. The van der Waals surface area contributed by atoms with Gasteiger partial charge in [-0.15, -0.1) is 11.3 Å². The van der Waals surface area contributed by atoms with Gasteiger partial charge in [-0.2, -0.15) is 0 Å². The third-order valence-electron chi connectivity index (χ3n) is 5.33. The van der Waals surface area contributed by atoms with Gasteiger partial charge >= 0.3 is 0 Å². The first kappa shape index (κ1) is 18.1. The van der Waals surface area contributed by atoms with Crippen LogP contribution in [0.5, 0.6) is 0 Å². The lowest BCUT2D eigenvalue weighted by atomic mass is 9.81. The van der Waals surface area contributed by atoms with Gasteiger partial charge < -0.3 is 5.32 Å². The average molecular weight is 362 g/mol. The molecule has 136 valence electrons. The van der Waals surface area contributed by atoms with E-state index in [1.165, 1.54) is 4.90 Å². The van der Waals surface area contributed by atoms with Crippen molar-refractivity contribution in [2.75, 3.05) is 6.54 Å². The standard InChI is InChI=1S/C19H26N2O3S/c1-12(2)17(15-8-5-11-25-15)20-16(22)9-10-21-18(23)13-6-3-4-7-14(13)19(21)24/h5,8,11-14,17H,3-4,6-7,9-10H2,1-2H3,(H,20,22)/t13-,14-,17+/m0/s1. The van der Waals surface area contributed by atoms with Crippen LogP contribution in [0.2, 0.25) is 0 Å². The first-order chi connectivity index (χ1) is 12.0. The molecule has 1 aliphatic carbocycles. The summed E-state index contributed by atoms with van der Waals surface area (Å²) >= 11 is 1.63. The Kier molecular flexibility index (Phi) is 5.57. The molecule has 2 heterocycles. The number of hydrogen-bond donors (Lipinski definition) is 1. The zero-order chi connectivity index (χ0) is 18.0. The zero-order valence-corrected chi connectivity index (χ0v) is 15.7. The van der Waals surface area contributed by atoms with E-state index in [4.69, 9.17) is 0 Å². The van der Waals surface area contributed by atoms with E-state index in [-0.39, 0.29) is 54.5 Å². The summed E-state index contributed by atoms with van der Waals surface area (Å²) in [5.74, 6) is -0.247. The number of likely N-dealkylation sites (tertiary alicyclic amines) is 1. The fourth-order valence-electron chi connectivity index (χ4n) is 3.94. The molecule has 0 aromatic carbocycles. The number of rotatable bonds is 6. The van der Waals surface area contributed by atoms with E-state index in [1.807, 2.05) is 17.5 Å². The number of nitrogens with one attached hydrogen (secondary N) is 1. The second-order valence-electron chi connectivity index (χ2n) is 7.38. The Morgan fingerprint density at radius 1 is 1.24 bits per heavy atom. The zero-order valence-electron chi connectivity index (χ0n) is 14.9. The number of amides is 3. The summed E-state index contributed by atoms with van der Waals surface area (Å²) in [5.41, 5.74) is 0. The van der Waals surface area contributed by atoms with Crippen LogP contribution in [0.4, 0.5) is 0 Å². The van der Waals surface area contributed by atoms with Gasteiger partial charge in [-0.25, -0.2) is 0 Å². The Morgan fingerprint density at radius 2 is 1.88 bits per heavy atom. The van der Waals surface area contributed by atoms with Crippen molar-refractivity contribution >= 4 is 29.1 Å². The Labute approximate surface area is 152 Å². The van der Waals surface area contributed by atoms with Gasteiger partial charge in [0.2, 0.25) is 17.7 Å². The third kappa shape index (κ3) is 3.78. The first-order valence-corrected chi connectivity index (χ1v) is 10.0. The molecule has 1 aliphatic heterocycles. The summed E-state index contributed by atoms with van der Waals surface area (Å²) in [5, 5.41) is 5.06. The Morgan fingerprint density at radius 3 is 2.40 bits per heavy atom. The maximum absolute atomic E-state index is 12.5. The highest BCUT2D eigenvalue weighted by Crippen LogP contribution is 2.38. The van der Waals surface area contributed by atoms with Crippen molar-refractivity contribution in [3.63, 3.8) is 0 Å². The van der Waals surface area contributed by atoms with Gasteiger partial charge in [-0.3, -0.25) is 19.3 Å². The SMILES string of the molecule is CC(C)[C@@H](NC(=O)CCN1C(=O)[C@H]2CCCC[C@@H]2C1=O)c1cccs1. The van der Waals surface area contributed by atoms with Crippen LogP contribution in [-0.4, -0.2) is 29.2 Å². The number of imide groups is 1. The van der Waals surface area contributed by atoms with E-state index in [0.29, 0.717) is 0 Å². The molecule has 2 aliphatic rings. The van der Waals surface area contributed by atoms with Crippen molar-refractivity contribution < 1.29 is 14.4 Å². The van der Waals surface area contributed by atoms with Gasteiger partial charge in [0.15, 0.2) is 0 Å². The molecule has 3 atom stereocenters. The largest absolute Gasteiger partial charge is 0.348 e. The second-order valence-corrected chi connectivity index (χ2v) is 8.36. The quantitative estimate of drug-likeness (QED) is 0.791. The lowest BCUT2D eigenvalue weighted by Crippen LogP contribution is -2.37. The summed E-state index contributed by atoms with van der Waals surface area (Å²) < 4.78 is 0. The number of carbonyl (C=O) groups excluding carboxylic acids is 3. The van der Waals surface area contributed by atoms with E-state index in [2.05, 4.69) is 19.2 Å². The van der Waals surface area contributed by atoms with Crippen LogP contribution in [0.3, 0.4) is 0 Å². The van der Waals surface area contributed by atoms with Gasteiger partial charge in [-0.1, -0.05) is 32.8 Å². The van der Waals surface area contributed by atoms with Crippen LogP contribution in [0.15, 0.2) is 17.5 Å². The van der Waals surface area contributed by atoms with Crippen LogP contribution in [0.25, 0.3) is 0 Å². The van der Waals surface area contributed by atoms with E-state index in [9.17, 15) is 14.4 Å². The van der Waals surface area contributed by atoms with Gasteiger partial charge in [0.05, 0.1) is 17.9 Å². The molecule has 1 aromatic rings. The van der Waals surface area contributed by atoms with Crippen molar-refractivity contribution in [1.82, 2.24) is 10.2 Å². The molecule has 3 amide bonds. The normalized spacial score (nSPS) is 24.5. The van der Waals surface area contributed by atoms with E-state index >= 15 is 0 Å². The van der Waals surface area contributed by atoms with Crippen molar-refractivity contribution in [3.05, 3.63) is 22.4 Å². The highest BCUT2D eigenvalue weighted by molar-refractivity contribution is 7.10. The molecule has 0 unspecified atom stereocenters. The molecule has 25 heavy (non-hydrogen) atoms. The van der Waals surface area contributed by atoms with Crippen LogP contribution in [0, 0.1) is 17.8 Å². The summed E-state index contributed by atoms with van der Waals surface area (Å²) in [7, 11) is 0. The van der Waals surface area contributed by atoms with Crippen LogP contribution < -0.4 is 5.32 Å². The van der Waals surface area contributed by atoms with E-state index < -0.39 is 0 Å². The van der Waals surface area contributed by atoms with Crippen molar-refractivity contribution in [2.24, 2.45) is 17.8 Å². The van der Waals surface area contributed by atoms with Gasteiger partial charge in [-0.05, 0) is 30.2 Å². The maximum Gasteiger partial charge on any atom is 0.233 e. The molecule has 1 N–H and O–H groups in total. The van der Waals surface area contributed by atoms with Crippen molar-refractivity contribution in [1.29, 1.82) is 0 Å². The third-order valence-corrected chi connectivity index (χ3v) is 6.28. The average Bonchev–Trinajstić information content (AvgIpc) is 3.20. The predicted octanol–water partition coefficient (Wildman–Crippen LogP) is 3.13. The molecule has 1 saturated heterocycles. The fraction of sp³-hybridized carbons (Fsp3) is 0.632. The topological polar surface area (TPSA) is 66.5 Å². The smallest absolute Gasteiger partial charge is 0.233 e. The Balaban J connectivity index is 1.57. The maximum atomic E-state index is 12.5. The Hall–Kier alpha value is -1.69. The molecule has 0 bridgehead atoms. The summed E-state index contributed by atoms with van der Waals surface area (Å²) in [6.45, 7) is 4.34. The lowest BCUT2D eigenvalue weighted by molar-refractivity contribution is -0.140. The number of fused-ring (bicyclic) bond motifs is 1. The molecule has 2 fully saturated rings. The summed E-state index contributed by atoms with van der Waals surface area (Å²) in [6, 6.07) is 3.97. The molecule has 6 heteroatoms. The lowest BCUT2D eigenvalue weighted by Gasteiger charge is -2.22. The second kappa shape index (κ2) is 7.68. The van der Waals surface area contributed by atoms with Gasteiger partial charge in [0, 0.05) is 17.8 Å². The molecular formula is C19H26N2O3S. The molecule has 3 rings (SSSR count). The highest BCUT2D eigenvalue weighted by Gasteiger charge is 2.47. The highest BCUT2D eigenvalue weighted by atomic mass is 32.1. The molecule has 1 aromatic heterocycles. The minimum atomic E-state index is -0.140. The molecule has 5 nitrogen and oxygen atoms in total. The monoisotopic (exact) mass is 362 g/mol. The van der Waals surface area contributed by atoms with Crippen molar-refractivity contribution in [3.8, 4) is 0 Å². The van der Waals surface area contributed by atoms with Gasteiger partial charge in [0.1, 0.15) is 0 Å². The minimum absolute atomic E-state index is 0.0277. The van der Waals surface area contributed by atoms with Crippen LogP contribution in [-0.2, 0) is 14.4 Å². The summed E-state index contributed by atoms with van der Waals surface area (Å²) in [4.78, 5) is 39.7. The molecule has 1 saturated carbocycles. The Bertz CT molecular complexity index is 617. The number of carbonyl (C=O) groups is 3. The molecule has 0 radical (unpaired) electrons. The number of hydrogen-bond acceptors (Lipinski definition) is 4.